The van der Waals surface area contributed by atoms with E-state index in [-0.39, 0.29) is 12.0 Å². The molecule has 0 aliphatic rings. The van der Waals surface area contributed by atoms with E-state index < -0.39 is 0 Å². The molecule has 0 aromatic heterocycles. The van der Waals surface area contributed by atoms with Crippen molar-refractivity contribution in [3.63, 3.8) is 0 Å². The Morgan fingerprint density at radius 1 is 1.64 bits per heavy atom. The van der Waals surface area contributed by atoms with Crippen molar-refractivity contribution in [3.05, 3.63) is 0 Å². The number of carbonyl (C=O) groups is 1. The zero-order valence-corrected chi connectivity index (χ0v) is 7.68. The first-order chi connectivity index (χ1) is 5.17. The predicted octanol–water partition coefficient (Wildman–Crippen LogP) is 0.793. The number of rotatable bonds is 4. The molecule has 0 saturated heterocycles. The van der Waals surface area contributed by atoms with E-state index in [1.807, 2.05) is 6.92 Å². The number of methoxy groups -OCH3 is 1. The largest absolute Gasteiger partial charge is 0.468 e. The van der Waals surface area contributed by atoms with Crippen molar-refractivity contribution in [2.24, 2.45) is 5.92 Å². The number of hydrogen-bond donors (Lipinski definition) is 1. The maximum Gasteiger partial charge on any atom is 0.323 e. The smallest absolute Gasteiger partial charge is 0.323 e. The first-order valence-electron chi connectivity index (χ1n) is 3.92. The zero-order chi connectivity index (χ0) is 8.85. The van der Waals surface area contributed by atoms with Gasteiger partial charge in [0.25, 0.3) is 0 Å². The number of hydrogen-bond acceptors (Lipinski definition) is 3. The second-order valence-corrected chi connectivity index (χ2v) is 2.68. The van der Waals surface area contributed by atoms with Crippen LogP contribution in [-0.2, 0) is 9.53 Å². The average molecular weight is 159 g/mol. The molecule has 1 N–H and O–H groups in total. The van der Waals surface area contributed by atoms with Crippen LogP contribution in [0.15, 0.2) is 0 Å². The van der Waals surface area contributed by atoms with E-state index in [4.69, 9.17) is 0 Å². The number of esters is 1. The van der Waals surface area contributed by atoms with Gasteiger partial charge in [-0.15, -0.1) is 0 Å². The molecule has 2 atom stereocenters. The van der Waals surface area contributed by atoms with Gasteiger partial charge in [-0.3, -0.25) is 4.79 Å². The minimum absolute atomic E-state index is 0.162. The van der Waals surface area contributed by atoms with Gasteiger partial charge in [0.05, 0.1) is 7.11 Å². The molecule has 0 radical (unpaired) electrons. The highest BCUT2D eigenvalue weighted by Gasteiger charge is 2.22. The molecule has 0 bridgehead atoms. The standard InChI is InChI=1S/C8H17NO2/c1-5-6(2)7(9-3)8(10)11-4/h6-7,9H,5H2,1-4H3/t6?,7-/m0/s1. The summed E-state index contributed by atoms with van der Waals surface area (Å²) in [6, 6.07) is -0.162. The van der Waals surface area contributed by atoms with Crippen molar-refractivity contribution in [2.45, 2.75) is 26.3 Å². The van der Waals surface area contributed by atoms with Crippen LogP contribution < -0.4 is 5.32 Å². The fourth-order valence-electron chi connectivity index (χ4n) is 0.997. The van der Waals surface area contributed by atoms with E-state index in [2.05, 4.69) is 17.0 Å². The van der Waals surface area contributed by atoms with Crippen LogP contribution >= 0.6 is 0 Å². The summed E-state index contributed by atoms with van der Waals surface area (Å²) < 4.78 is 4.62. The topological polar surface area (TPSA) is 38.3 Å². The Bertz CT molecular complexity index is 125. The number of carbonyl (C=O) groups excluding carboxylic acids is 1. The predicted molar refractivity (Wildman–Crippen MR) is 44.3 cm³/mol. The van der Waals surface area contributed by atoms with Gasteiger partial charge in [-0.1, -0.05) is 20.3 Å². The number of likely N-dealkylation sites (N-methyl/N-ethyl adjacent to an activating group) is 1. The van der Waals surface area contributed by atoms with Crippen LogP contribution in [0.1, 0.15) is 20.3 Å². The summed E-state index contributed by atoms with van der Waals surface area (Å²) in [6.45, 7) is 4.08. The first kappa shape index (κ1) is 10.4. The van der Waals surface area contributed by atoms with Gasteiger partial charge in [0.15, 0.2) is 0 Å². The van der Waals surface area contributed by atoms with Crippen molar-refractivity contribution < 1.29 is 9.53 Å². The lowest BCUT2D eigenvalue weighted by Crippen LogP contribution is -2.40. The van der Waals surface area contributed by atoms with E-state index >= 15 is 0 Å². The molecule has 3 nitrogen and oxygen atoms in total. The van der Waals surface area contributed by atoms with Crippen LogP contribution in [0.3, 0.4) is 0 Å². The van der Waals surface area contributed by atoms with E-state index in [9.17, 15) is 4.79 Å². The summed E-state index contributed by atoms with van der Waals surface area (Å²) in [5, 5.41) is 2.93. The summed E-state index contributed by atoms with van der Waals surface area (Å²) in [5.74, 6) is 0.148. The van der Waals surface area contributed by atoms with Crippen molar-refractivity contribution in [1.82, 2.24) is 5.32 Å². The van der Waals surface area contributed by atoms with Crippen LogP contribution in [0.2, 0.25) is 0 Å². The van der Waals surface area contributed by atoms with Crippen molar-refractivity contribution in [1.29, 1.82) is 0 Å². The van der Waals surface area contributed by atoms with Crippen LogP contribution in [0.4, 0.5) is 0 Å². The molecule has 1 unspecified atom stereocenters. The Balaban J connectivity index is 4.03. The highest BCUT2D eigenvalue weighted by Crippen LogP contribution is 2.07. The van der Waals surface area contributed by atoms with E-state index in [0.29, 0.717) is 5.92 Å². The molecule has 0 saturated carbocycles. The normalized spacial score (nSPS) is 15.6. The summed E-state index contributed by atoms with van der Waals surface area (Å²) >= 11 is 0. The summed E-state index contributed by atoms with van der Waals surface area (Å²) in [6.07, 6.45) is 0.973. The van der Waals surface area contributed by atoms with E-state index in [1.54, 1.807) is 7.05 Å². The third kappa shape index (κ3) is 2.89. The SMILES string of the molecule is CCC(C)[C@H](NC)C(=O)OC. The summed E-state index contributed by atoms with van der Waals surface area (Å²) in [4.78, 5) is 11.1. The lowest BCUT2D eigenvalue weighted by molar-refractivity contribution is -0.144. The average Bonchev–Trinajstić information content (AvgIpc) is 2.05. The Kier molecular flexibility index (Phi) is 4.86. The quantitative estimate of drug-likeness (QED) is 0.616. The summed E-state index contributed by atoms with van der Waals surface area (Å²) in [7, 11) is 3.18. The van der Waals surface area contributed by atoms with Crippen LogP contribution in [0, 0.1) is 5.92 Å². The van der Waals surface area contributed by atoms with Crippen molar-refractivity contribution in [3.8, 4) is 0 Å². The Labute approximate surface area is 68.1 Å². The Morgan fingerprint density at radius 3 is 2.45 bits per heavy atom. The van der Waals surface area contributed by atoms with Gasteiger partial charge >= 0.3 is 5.97 Å². The molecule has 11 heavy (non-hydrogen) atoms. The molecular formula is C8H17NO2. The van der Waals surface area contributed by atoms with Crippen molar-refractivity contribution >= 4 is 5.97 Å². The maximum absolute atomic E-state index is 11.1. The lowest BCUT2D eigenvalue weighted by atomic mass is 10.00. The minimum Gasteiger partial charge on any atom is -0.468 e. The Hall–Kier alpha value is -0.570. The lowest BCUT2D eigenvalue weighted by Gasteiger charge is -2.19. The van der Waals surface area contributed by atoms with Gasteiger partial charge in [-0.05, 0) is 13.0 Å². The van der Waals surface area contributed by atoms with Gasteiger partial charge in [0, 0.05) is 0 Å². The fourth-order valence-corrected chi connectivity index (χ4v) is 0.997. The highest BCUT2D eigenvalue weighted by atomic mass is 16.5. The van der Waals surface area contributed by atoms with Crippen molar-refractivity contribution in [2.75, 3.05) is 14.2 Å². The van der Waals surface area contributed by atoms with Gasteiger partial charge in [-0.2, -0.15) is 0 Å². The molecule has 0 aliphatic heterocycles. The van der Waals surface area contributed by atoms with E-state index in [1.165, 1.54) is 7.11 Å². The molecule has 3 heteroatoms. The third-order valence-corrected chi connectivity index (χ3v) is 1.98. The minimum atomic E-state index is -0.179. The molecule has 0 aromatic carbocycles. The second-order valence-electron chi connectivity index (χ2n) is 2.68. The van der Waals surface area contributed by atoms with Crippen LogP contribution in [-0.4, -0.2) is 26.2 Å². The molecule has 66 valence electrons. The first-order valence-corrected chi connectivity index (χ1v) is 3.92. The molecule has 0 aliphatic carbocycles. The van der Waals surface area contributed by atoms with Gasteiger partial charge in [0.2, 0.25) is 0 Å². The molecule has 0 amide bonds. The molecule has 0 fully saturated rings. The zero-order valence-electron chi connectivity index (χ0n) is 7.68. The maximum atomic E-state index is 11.1. The highest BCUT2D eigenvalue weighted by molar-refractivity contribution is 5.75. The Morgan fingerprint density at radius 2 is 2.18 bits per heavy atom. The number of nitrogens with one attached hydrogen (secondary N) is 1. The monoisotopic (exact) mass is 159 g/mol. The molecule has 0 rings (SSSR count). The summed E-state index contributed by atoms with van der Waals surface area (Å²) in [5.41, 5.74) is 0. The fraction of sp³-hybridized carbons (Fsp3) is 0.875. The molecular weight excluding hydrogens is 142 g/mol. The molecule has 0 spiro atoms. The molecule has 0 heterocycles. The second kappa shape index (κ2) is 5.13. The molecule has 0 aromatic rings. The van der Waals surface area contributed by atoms with Gasteiger partial charge < -0.3 is 10.1 Å². The third-order valence-electron chi connectivity index (χ3n) is 1.98. The van der Waals surface area contributed by atoms with Gasteiger partial charge in [0.1, 0.15) is 6.04 Å². The van der Waals surface area contributed by atoms with Gasteiger partial charge in [-0.25, -0.2) is 0 Å². The van der Waals surface area contributed by atoms with Crippen LogP contribution in [0.25, 0.3) is 0 Å². The number of ether oxygens (including phenoxy) is 1. The van der Waals surface area contributed by atoms with Crippen LogP contribution in [0.5, 0.6) is 0 Å². The van der Waals surface area contributed by atoms with E-state index in [0.717, 1.165) is 6.42 Å².